The quantitative estimate of drug-likeness (QED) is 0.898. The Hall–Kier alpha value is -1.40. The van der Waals surface area contributed by atoms with Gasteiger partial charge in [0.1, 0.15) is 0 Å². The van der Waals surface area contributed by atoms with Crippen LogP contribution < -0.4 is 5.32 Å². The van der Waals surface area contributed by atoms with Gasteiger partial charge in [-0.05, 0) is 27.7 Å². The summed E-state index contributed by atoms with van der Waals surface area (Å²) >= 11 is 0. The highest BCUT2D eigenvalue weighted by Crippen LogP contribution is 2.13. The molecule has 1 aliphatic heterocycles. The molecular formula is C14H23N3O3. The molecule has 0 saturated carbocycles. The number of carbonyl (C=O) groups excluding carboxylic acids is 1. The molecule has 2 rings (SSSR count). The van der Waals surface area contributed by atoms with Crippen molar-refractivity contribution in [2.24, 2.45) is 0 Å². The average Bonchev–Trinajstić information content (AvgIpc) is 2.81. The first-order valence-corrected chi connectivity index (χ1v) is 7.06. The number of carbonyl (C=O) groups is 1. The van der Waals surface area contributed by atoms with E-state index in [1.165, 1.54) is 0 Å². The van der Waals surface area contributed by atoms with E-state index in [1.54, 1.807) is 13.0 Å². The molecule has 0 bridgehead atoms. The summed E-state index contributed by atoms with van der Waals surface area (Å²) in [7, 11) is 0. The molecule has 20 heavy (non-hydrogen) atoms. The molecule has 6 heteroatoms. The Morgan fingerprint density at radius 2 is 2.15 bits per heavy atom. The van der Waals surface area contributed by atoms with Crippen LogP contribution in [0.25, 0.3) is 0 Å². The van der Waals surface area contributed by atoms with Crippen LogP contribution in [0.1, 0.15) is 37.0 Å². The number of morpholine rings is 1. The summed E-state index contributed by atoms with van der Waals surface area (Å²) < 4.78 is 10.7. The molecule has 0 aromatic carbocycles. The highest BCUT2D eigenvalue weighted by Gasteiger charge is 2.26. The first-order valence-electron chi connectivity index (χ1n) is 7.06. The van der Waals surface area contributed by atoms with Gasteiger partial charge in [-0.2, -0.15) is 0 Å². The van der Waals surface area contributed by atoms with E-state index >= 15 is 0 Å². The molecule has 1 N–H and O–H groups in total. The van der Waals surface area contributed by atoms with Gasteiger partial charge < -0.3 is 14.6 Å². The topological polar surface area (TPSA) is 67.6 Å². The van der Waals surface area contributed by atoms with Crippen LogP contribution in [0, 0.1) is 6.92 Å². The van der Waals surface area contributed by atoms with Crippen LogP contribution in [0.2, 0.25) is 0 Å². The lowest BCUT2D eigenvalue weighted by Crippen LogP contribution is -2.52. The van der Waals surface area contributed by atoms with E-state index in [4.69, 9.17) is 9.26 Å². The fraction of sp³-hybridized carbons (Fsp3) is 0.714. The van der Waals surface area contributed by atoms with Crippen molar-refractivity contribution in [3.8, 4) is 0 Å². The minimum atomic E-state index is -0.216. The van der Waals surface area contributed by atoms with Crippen molar-refractivity contribution in [1.29, 1.82) is 0 Å². The van der Waals surface area contributed by atoms with Crippen LogP contribution in [-0.4, -0.2) is 53.8 Å². The molecule has 1 aromatic rings. The SMILES string of the molecule is Cc1cc(C(=O)NC[C@@H](C)N2C[C@@H](C)O[C@@H](C)C2)on1. The Bertz CT molecular complexity index is 450. The second kappa shape index (κ2) is 6.37. The highest BCUT2D eigenvalue weighted by atomic mass is 16.5. The van der Waals surface area contributed by atoms with Crippen LogP contribution in [0.15, 0.2) is 10.6 Å². The summed E-state index contributed by atoms with van der Waals surface area (Å²) in [6, 6.07) is 1.90. The summed E-state index contributed by atoms with van der Waals surface area (Å²) in [5.74, 6) is 0.0465. The predicted octanol–water partition coefficient (Wildman–Crippen LogP) is 1.21. The third-order valence-corrected chi connectivity index (χ3v) is 3.48. The van der Waals surface area contributed by atoms with Crippen LogP contribution >= 0.6 is 0 Å². The average molecular weight is 281 g/mol. The molecule has 0 unspecified atom stereocenters. The summed E-state index contributed by atoms with van der Waals surface area (Å²) in [6.45, 7) is 10.4. The van der Waals surface area contributed by atoms with E-state index in [0.717, 1.165) is 13.1 Å². The largest absolute Gasteiger partial charge is 0.373 e. The van der Waals surface area contributed by atoms with Crippen molar-refractivity contribution in [3.63, 3.8) is 0 Å². The molecule has 1 aromatic heterocycles. The van der Waals surface area contributed by atoms with Crippen molar-refractivity contribution in [2.45, 2.75) is 45.9 Å². The van der Waals surface area contributed by atoms with Gasteiger partial charge in [-0.25, -0.2) is 0 Å². The number of amides is 1. The van der Waals surface area contributed by atoms with E-state index in [9.17, 15) is 4.79 Å². The Morgan fingerprint density at radius 1 is 1.50 bits per heavy atom. The van der Waals surface area contributed by atoms with Gasteiger partial charge in [0.25, 0.3) is 5.91 Å². The Balaban J connectivity index is 1.82. The second-order valence-corrected chi connectivity index (χ2v) is 5.60. The van der Waals surface area contributed by atoms with Crippen molar-refractivity contribution >= 4 is 5.91 Å². The fourth-order valence-electron chi connectivity index (χ4n) is 2.50. The minimum Gasteiger partial charge on any atom is -0.373 e. The highest BCUT2D eigenvalue weighted by molar-refractivity contribution is 5.91. The number of rotatable bonds is 4. The molecule has 1 amide bonds. The zero-order valence-corrected chi connectivity index (χ0v) is 12.5. The zero-order valence-electron chi connectivity index (χ0n) is 12.5. The van der Waals surface area contributed by atoms with Crippen LogP contribution in [0.5, 0.6) is 0 Å². The summed E-state index contributed by atoms with van der Waals surface area (Å²) in [4.78, 5) is 14.2. The molecule has 2 heterocycles. The number of aromatic nitrogens is 1. The lowest BCUT2D eigenvalue weighted by atomic mass is 10.1. The molecule has 112 valence electrons. The lowest BCUT2D eigenvalue weighted by Gasteiger charge is -2.38. The van der Waals surface area contributed by atoms with Crippen molar-refractivity contribution in [3.05, 3.63) is 17.5 Å². The van der Waals surface area contributed by atoms with Gasteiger partial charge in [-0.1, -0.05) is 5.16 Å². The van der Waals surface area contributed by atoms with Crippen LogP contribution in [0.4, 0.5) is 0 Å². The van der Waals surface area contributed by atoms with E-state index in [-0.39, 0.29) is 29.9 Å². The number of nitrogens with zero attached hydrogens (tertiary/aromatic N) is 2. The van der Waals surface area contributed by atoms with Gasteiger partial charge in [-0.15, -0.1) is 0 Å². The first kappa shape index (κ1) is 15.0. The van der Waals surface area contributed by atoms with E-state index in [2.05, 4.69) is 36.1 Å². The number of hydrogen-bond donors (Lipinski definition) is 1. The summed E-state index contributed by atoms with van der Waals surface area (Å²) in [5, 5.41) is 6.60. The smallest absolute Gasteiger partial charge is 0.289 e. The van der Waals surface area contributed by atoms with Gasteiger partial charge in [0.05, 0.1) is 17.9 Å². The molecule has 0 spiro atoms. The Kier molecular flexibility index (Phi) is 4.77. The number of nitrogens with one attached hydrogen (secondary N) is 1. The standard InChI is InChI=1S/C14H23N3O3/c1-9-5-13(20-16-9)14(18)15-6-10(2)17-7-11(3)19-12(4)8-17/h5,10-12H,6-8H2,1-4H3,(H,15,18)/t10-,11-,12+/m1/s1. The van der Waals surface area contributed by atoms with Crippen molar-refractivity contribution in [2.75, 3.05) is 19.6 Å². The zero-order chi connectivity index (χ0) is 14.7. The molecule has 0 radical (unpaired) electrons. The molecule has 1 fully saturated rings. The number of hydrogen-bond acceptors (Lipinski definition) is 5. The number of ether oxygens (including phenoxy) is 1. The maximum absolute atomic E-state index is 11.9. The van der Waals surface area contributed by atoms with Gasteiger partial charge in [0, 0.05) is 31.7 Å². The monoisotopic (exact) mass is 281 g/mol. The Labute approximate surface area is 119 Å². The molecular weight excluding hydrogens is 258 g/mol. The molecule has 1 aliphatic rings. The maximum Gasteiger partial charge on any atom is 0.289 e. The van der Waals surface area contributed by atoms with Crippen LogP contribution in [-0.2, 0) is 4.74 Å². The second-order valence-electron chi connectivity index (χ2n) is 5.60. The Morgan fingerprint density at radius 3 is 2.70 bits per heavy atom. The minimum absolute atomic E-state index is 0.216. The maximum atomic E-state index is 11.9. The van der Waals surface area contributed by atoms with Gasteiger partial charge in [-0.3, -0.25) is 9.69 Å². The van der Waals surface area contributed by atoms with Gasteiger partial charge in [0.15, 0.2) is 0 Å². The lowest BCUT2D eigenvalue weighted by molar-refractivity contribution is -0.0778. The van der Waals surface area contributed by atoms with E-state index in [1.807, 2.05) is 0 Å². The molecule has 0 aliphatic carbocycles. The summed E-state index contributed by atoms with van der Waals surface area (Å²) in [6.07, 6.45) is 0.461. The van der Waals surface area contributed by atoms with E-state index < -0.39 is 0 Å². The first-order chi connectivity index (χ1) is 9.45. The fourth-order valence-corrected chi connectivity index (χ4v) is 2.50. The van der Waals surface area contributed by atoms with Crippen molar-refractivity contribution < 1.29 is 14.1 Å². The van der Waals surface area contributed by atoms with Gasteiger partial charge >= 0.3 is 0 Å². The molecule has 1 saturated heterocycles. The predicted molar refractivity (Wildman–Crippen MR) is 74.6 cm³/mol. The molecule has 3 atom stereocenters. The number of aryl methyl sites for hydroxylation is 1. The van der Waals surface area contributed by atoms with Gasteiger partial charge in [0.2, 0.25) is 5.76 Å². The summed E-state index contributed by atoms with van der Waals surface area (Å²) in [5.41, 5.74) is 0.707. The normalized spacial score (nSPS) is 25.4. The third-order valence-electron chi connectivity index (χ3n) is 3.48. The van der Waals surface area contributed by atoms with E-state index in [0.29, 0.717) is 12.2 Å². The molecule has 6 nitrogen and oxygen atoms in total. The van der Waals surface area contributed by atoms with Crippen LogP contribution in [0.3, 0.4) is 0 Å². The third kappa shape index (κ3) is 3.80. The van der Waals surface area contributed by atoms with Crippen molar-refractivity contribution in [1.82, 2.24) is 15.4 Å².